The number of Topliss-reactive ketones (excluding diaryl/α,β-unsaturated/α-hetero) is 1. The normalized spacial score (nSPS) is 11.3. The van der Waals surface area contributed by atoms with Crippen LogP contribution in [0.5, 0.6) is 0 Å². The minimum Gasteiger partial charge on any atom is -0.500 e. The zero-order chi connectivity index (χ0) is 22.0. The van der Waals surface area contributed by atoms with Crippen molar-refractivity contribution in [2.75, 3.05) is 37.7 Å². The molecule has 30 heavy (non-hydrogen) atoms. The molecule has 0 heterocycles. The van der Waals surface area contributed by atoms with Gasteiger partial charge in [0.1, 0.15) is 11.9 Å². The molecule has 0 saturated heterocycles. The van der Waals surface area contributed by atoms with Crippen molar-refractivity contribution in [3.05, 3.63) is 66.7 Å². The van der Waals surface area contributed by atoms with Crippen LogP contribution in [-0.4, -0.2) is 38.6 Å². The van der Waals surface area contributed by atoms with Crippen LogP contribution in [0.4, 0.5) is 10.1 Å². The molecule has 1 aromatic rings. The number of carbonyl (C=O) groups excluding carboxylic acids is 1. The van der Waals surface area contributed by atoms with E-state index in [0.29, 0.717) is 31.7 Å². The third-order valence-electron chi connectivity index (χ3n) is 4.52. The number of para-hydroxylation sites is 1. The summed E-state index contributed by atoms with van der Waals surface area (Å²) in [6.07, 6.45) is 9.85. The van der Waals surface area contributed by atoms with Crippen LogP contribution in [0, 0.1) is 17.1 Å². The summed E-state index contributed by atoms with van der Waals surface area (Å²) in [5.74, 6) is -0.564. The molecule has 0 aromatic heterocycles. The van der Waals surface area contributed by atoms with Gasteiger partial charge in [0.05, 0.1) is 18.6 Å². The summed E-state index contributed by atoms with van der Waals surface area (Å²) in [6, 6.07) is 8.44. The minimum atomic E-state index is -0.365. The zero-order valence-corrected chi connectivity index (χ0v) is 17.8. The average molecular weight is 414 g/mol. The van der Waals surface area contributed by atoms with Gasteiger partial charge in [-0.15, -0.1) is 0 Å². The third kappa shape index (κ3) is 10.6. The summed E-state index contributed by atoms with van der Waals surface area (Å²) in [5.41, 5.74) is 1.69. The maximum atomic E-state index is 13.9. The van der Waals surface area contributed by atoms with Crippen LogP contribution in [-0.2, 0) is 9.53 Å². The SMILES string of the molecule is C=C/C(=C\C=C\OCCNCCN(CC)c1ccccc1F)CCCCC(=O)C#N. The standard InChI is InChI=1S/C24H32FN3O2/c1-3-21(10-5-6-12-22(29)20-26)11-9-18-30-19-16-27-15-17-28(4-2)24-14-8-7-13-23(24)25/h3,7-9,11,13-14,18,27H,1,4-6,10,12,15-17,19H2,2H3/b18-9+,21-11+. The van der Waals surface area contributed by atoms with E-state index in [1.165, 1.54) is 6.07 Å². The average Bonchev–Trinajstić information content (AvgIpc) is 2.77. The van der Waals surface area contributed by atoms with E-state index in [2.05, 4.69) is 11.9 Å². The van der Waals surface area contributed by atoms with Crippen molar-refractivity contribution >= 4 is 11.5 Å². The quantitative estimate of drug-likeness (QED) is 0.187. The number of nitrogens with one attached hydrogen (secondary N) is 1. The Bertz CT molecular complexity index is 753. The second-order valence-electron chi connectivity index (χ2n) is 6.67. The number of carbonyl (C=O) groups is 1. The number of hydrogen-bond acceptors (Lipinski definition) is 5. The van der Waals surface area contributed by atoms with Crippen molar-refractivity contribution in [3.63, 3.8) is 0 Å². The molecule has 0 spiro atoms. The van der Waals surface area contributed by atoms with Crippen molar-refractivity contribution in [2.24, 2.45) is 0 Å². The molecule has 5 nitrogen and oxygen atoms in total. The Morgan fingerprint density at radius 2 is 2.07 bits per heavy atom. The van der Waals surface area contributed by atoms with Gasteiger partial charge in [0, 0.05) is 32.6 Å². The fourth-order valence-electron chi connectivity index (χ4n) is 2.84. The minimum absolute atomic E-state index is 0.199. The lowest BCUT2D eigenvalue weighted by Crippen LogP contribution is -2.33. The molecule has 0 bridgehead atoms. The van der Waals surface area contributed by atoms with Gasteiger partial charge in [-0.1, -0.05) is 30.9 Å². The van der Waals surface area contributed by atoms with Crippen LogP contribution in [0.25, 0.3) is 0 Å². The van der Waals surface area contributed by atoms with Gasteiger partial charge in [0.15, 0.2) is 0 Å². The van der Waals surface area contributed by atoms with Crippen LogP contribution in [0.1, 0.15) is 32.6 Å². The van der Waals surface area contributed by atoms with E-state index in [-0.39, 0.29) is 11.6 Å². The summed E-state index contributed by atoms with van der Waals surface area (Å²) < 4.78 is 19.3. The van der Waals surface area contributed by atoms with E-state index in [4.69, 9.17) is 10.00 Å². The number of nitrogens with zero attached hydrogens (tertiary/aromatic N) is 2. The van der Waals surface area contributed by atoms with E-state index in [1.807, 2.05) is 30.0 Å². The number of ether oxygens (including phenoxy) is 1. The number of unbranched alkanes of at least 4 members (excludes halogenated alkanes) is 1. The van der Waals surface area contributed by atoms with Crippen LogP contribution in [0.15, 0.2) is 60.9 Å². The Kier molecular flexibility index (Phi) is 13.4. The number of halogens is 1. The maximum absolute atomic E-state index is 13.9. The number of likely N-dealkylation sites (N-methyl/N-ethyl adjacent to an activating group) is 1. The first-order chi connectivity index (χ1) is 14.6. The lowest BCUT2D eigenvalue weighted by atomic mass is 10.1. The molecule has 0 atom stereocenters. The molecule has 1 rings (SSSR count). The molecule has 0 saturated carbocycles. The number of allylic oxidation sites excluding steroid dienone is 4. The molecule has 0 amide bonds. The van der Waals surface area contributed by atoms with Gasteiger partial charge in [-0.2, -0.15) is 5.26 Å². The highest BCUT2D eigenvalue weighted by Crippen LogP contribution is 2.17. The molecule has 0 aliphatic rings. The Balaban J connectivity index is 2.17. The topological polar surface area (TPSA) is 65.4 Å². The van der Waals surface area contributed by atoms with E-state index in [1.54, 1.807) is 30.5 Å². The van der Waals surface area contributed by atoms with Crippen LogP contribution in [0.2, 0.25) is 0 Å². The summed E-state index contributed by atoms with van der Waals surface area (Å²) >= 11 is 0. The molecule has 162 valence electrons. The highest BCUT2D eigenvalue weighted by atomic mass is 19.1. The van der Waals surface area contributed by atoms with Crippen molar-refractivity contribution < 1.29 is 13.9 Å². The van der Waals surface area contributed by atoms with E-state index < -0.39 is 0 Å². The molecular weight excluding hydrogens is 381 g/mol. The number of rotatable bonds is 16. The van der Waals surface area contributed by atoms with Crippen LogP contribution in [0.3, 0.4) is 0 Å². The fraction of sp³-hybridized carbons (Fsp3) is 0.417. The molecule has 0 aliphatic carbocycles. The number of ketones is 1. The summed E-state index contributed by atoms with van der Waals surface area (Å²) in [5, 5.41) is 11.7. The van der Waals surface area contributed by atoms with Gasteiger partial charge >= 0.3 is 0 Å². The molecule has 0 fully saturated rings. The molecule has 0 aliphatic heterocycles. The lowest BCUT2D eigenvalue weighted by molar-refractivity contribution is -0.114. The Labute approximate surface area is 179 Å². The zero-order valence-electron chi connectivity index (χ0n) is 17.8. The highest BCUT2D eigenvalue weighted by molar-refractivity contribution is 5.93. The van der Waals surface area contributed by atoms with Gasteiger partial charge in [0.2, 0.25) is 5.78 Å². The van der Waals surface area contributed by atoms with Crippen molar-refractivity contribution in [2.45, 2.75) is 32.6 Å². The van der Waals surface area contributed by atoms with Gasteiger partial charge in [-0.25, -0.2) is 4.39 Å². The first-order valence-corrected chi connectivity index (χ1v) is 10.3. The third-order valence-corrected chi connectivity index (χ3v) is 4.52. The smallest absolute Gasteiger partial charge is 0.231 e. The van der Waals surface area contributed by atoms with Gasteiger partial charge in [0.25, 0.3) is 0 Å². The molecule has 0 radical (unpaired) electrons. The second-order valence-corrected chi connectivity index (χ2v) is 6.67. The second kappa shape index (κ2) is 15.9. The van der Waals surface area contributed by atoms with E-state index >= 15 is 0 Å². The number of nitriles is 1. The van der Waals surface area contributed by atoms with Crippen molar-refractivity contribution in [3.8, 4) is 6.07 Å². The number of benzene rings is 1. The van der Waals surface area contributed by atoms with Crippen molar-refractivity contribution in [1.29, 1.82) is 5.26 Å². The van der Waals surface area contributed by atoms with Crippen molar-refractivity contribution in [1.82, 2.24) is 5.32 Å². The predicted octanol–water partition coefficient (Wildman–Crippen LogP) is 4.54. The van der Waals surface area contributed by atoms with Gasteiger partial charge < -0.3 is 15.0 Å². The molecule has 0 unspecified atom stereocenters. The summed E-state index contributed by atoms with van der Waals surface area (Å²) in [4.78, 5) is 12.9. The first-order valence-electron chi connectivity index (χ1n) is 10.3. The fourth-order valence-corrected chi connectivity index (χ4v) is 2.84. The van der Waals surface area contributed by atoms with Gasteiger partial charge in [-0.05, 0) is 50.0 Å². The maximum Gasteiger partial charge on any atom is 0.231 e. The number of anilines is 1. The summed E-state index contributed by atoms with van der Waals surface area (Å²) in [6.45, 7) is 9.24. The molecule has 1 N–H and O–H groups in total. The van der Waals surface area contributed by atoms with E-state index in [9.17, 15) is 9.18 Å². The Morgan fingerprint density at radius 3 is 2.77 bits per heavy atom. The molecule has 1 aromatic carbocycles. The molecule has 6 heteroatoms. The lowest BCUT2D eigenvalue weighted by Gasteiger charge is -2.23. The van der Waals surface area contributed by atoms with Crippen LogP contribution >= 0.6 is 0 Å². The van der Waals surface area contributed by atoms with Crippen LogP contribution < -0.4 is 10.2 Å². The molecular formula is C24H32FN3O2. The summed E-state index contributed by atoms with van der Waals surface area (Å²) in [7, 11) is 0. The van der Waals surface area contributed by atoms with E-state index in [0.717, 1.165) is 38.0 Å². The predicted molar refractivity (Wildman–Crippen MR) is 120 cm³/mol. The number of hydrogen-bond donors (Lipinski definition) is 1. The highest BCUT2D eigenvalue weighted by Gasteiger charge is 2.08. The largest absolute Gasteiger partial charge is 0.500 e. The van der Waals surface area contributed by atoms with Gasteiger partial charge in [-0.3, -0.25) is 4.79 Å². The Hall–Kier alpha value is -2.91. The Morgan fingerprint density at radius 1 is 1.30 bits per heavy atom. The first kappa shape index (κ1) is 25.1. The monoisotopic (exact) mass is 413 g/mol.